The van der Waals surface area contributed by atoms with Crippen molar-refractivity contribution in [2.24, 2.45) is 0 Å². The summed E-state index contributed by atoms with van der Waals surface area (Å²) in [4.78, 5) is 4.64. The van der Waals surface area contributed by atoms with E-state index in [1.807, 2.05) is 18.3 Å². The molecule has 0 unspecified atom stereocenters. The highest BCUT2D eigenvalue weighted by molar-refractivity contribution is 7.86. The Morgan fingerprint density at radius 1 is 1.04 bits per heavy atom. The van der Waals surface area contributed by atoms with Gasteiger partial charge in [0.1, 0.15) is 0 Å². The van der Waals surface area contributed by atoms with Crippen LogP contribution in [0.5, 0.6) is 0 Å². The molecule has 0 radical (unpaired) electrons. The number of fused-ring (bicyclic) bond motifs is 1. The van der Waals surface area contributed by atoms with Gasteiger partial charge in [-0.1, -0.05) is 0 Å². The van der Waals surface area contributed by atoms with E-state index in [0.717, 1.165) is 24.2 Å². The topological polar surface area (TPSA) is 80.0 Å². The van der Waals surface area contributed by atoms with Crippen molar-refractivity contribution in [1.29, 1.82) is 0 Å². The second-order valence-corrected chi connectivity index (χ2v) is 8.11. The summed E-state index contributed by atoms with van der Waals surface area (Å²) in [5.74, 6) is 0.293. The highest BCUT2D eigenvalue weighted by Crippen LogP contribution is 2.29. The molecule has 2 aromatic heterocycles. The summed E-state index contributed by atoms with van der Waals surface area (Å²) in [6.07, 6.45) is 5.22. The van der Waals surface area contributed by atoms with Crippen LogP contribution in [0.15, 0.2) is 24.5 Å². The van der Waals surface area contributed by atoms with E-state index in [9.17, 15) is 8.42 Å². The van der Waals surface area contributed by atoms with E-state index in [1.54, 1.807) is 15.0 Å². The number of morpholine rings is 1. The monoisotopic (exact) mass is 351 g/mol. The lowest BCUT2D eigenvalue weighted by Crippen LogP contribution is -2.50. The van der Waals surface area contributed by atoms with Gasteiger partial charge in [-0.15, -0.1) is 0 Å². The van der Waals surface area contributed by atoms with Gasteiger partial charge in [-0.05, 0) is 18.9 Å². The number of hydrogen-bond donors (Lipinski definition) is 0. The number of hydrogen-bond acceptors (Lipinski definition) is 5. The van der Waals surface area contributed by atoms with Crippen molar-refractivity contribution in [3.05, 3.63) is 30.2 Å². The first-order valence-corrected chi connectivity index (χ1v) is 9.67. The summed E-state index contributed by atoms with van der Waals surface area (Å²) < 4.78 is 35.5. The van der Waals surface area contributed by atoms with E-state index >= 15 is 0 Å². The van der Waals surface area contributed by atoms with Gasteiger partial charge < -0.3 is 4.74 Å². The van der Waals surface area contributed by atoms with Crippen LogP contribution in [0.1, 0.15) is 24.5 Å². The molecule has 0 atom stereocenters. The predicted molar refractivity (Wildman–Crippen MR) is 87.8 cm³/mol. The van der Waals surface area contributed by atoms with Crippen molar-refractivity contribution < 1.29 is 13.2 Å². The Hall–Kier alpha value is -1.55. The maximum absolute atomic E-state index is 12.7. The zero-order valence-corrected chi connectivity index (χ0v) is 14.2. The smallest absolute Gasteiger partial charge is 0.282 e. The van der Waals surface area contributed by atoms with Gasteiger partial charge in [0, 0.05) is 50.1 Å². The van der Waals surface area contributed by atoms with Crippen molar-refractivity contribution in [3.63, 3.8) is 0 Å². The first kappa shape index (κ1) is 15.9. The molecular formula is C15H21N5O3S. The summed E-state index contributed by atoms with van der Waals surface area (Å²) in [6, 6.07) is 3.86. The van der Waals surface area contributed by atoms with Crippen LogP contribution in [0.2, 0.25) is 0 Å². The molecular weight excluding hydrogens is 330 g/mol. The third-order valence-corrected chi connectivity index (χ3v) is 6.81. The Balaban J connectivity index is 1.44. The molecule has 2 fully saturated rings. The van der Waals surface area contributed by atoms with Crippen LogP contribution in [-0.4, -0.2) is 71.0 Å². The van der Waals surface area contributed by atoms with E-state index in [2.05, 4.69) is 10.1 Å². The van der Waals surface area contributed by atoms with Crippen LogP contribution in [-0.2, 0) is 14.9 Å². The van der Waals surface area contributed by atoms with Gasteiger partial charge in [0.2, 0.25) is 0 Å². The molecule has 0 amide bonds. The summed E-state index contributed by atoms with van der Waals surface area (Å²) >= 11 is 0. The van der Waals surface area contributed by atoms with Crippen molar-refractivity contribution in [1.82, 2.24) is 23.2 Å². The highest BCUT2D eigenvalue weighted by Gasteiger charge is 2.34. The average Bonchev–Trinajstić information content (AvgIpc) is 3.10. The molecule has 4 heterocycles. The SMILES string of the molecule is O=S(=O)(N1CCOCC1)N1CCC(c2ccn3nccc3n2)CC1. The van der Waals surface area contributed by atoms with Crippen LogP contribution in [0.4, 0.5) is 0 Å². The fourth-order valence-electron chi connectivity index (χ4n) is 3.38. The average molecular weight is 351 g/mol. The lowest BCUT2D eigenvalue weighted by Gasteiger charge is -2.36. The summed E-state index contributed by atoms with van der Waals surface area (Å²) in [7, 11) is -3.36. The summed E-state index contributed by atoms with van der Waals surface area (Å²) in [5.41, 5.74) is 1.85. The lowest BCUT2D eigenvalue weighted by molar-refractivity contribution is 0.0696. The Morgan fingerprint density at radius 2 is 1.75 bits per heavy atom. The molecule has 0 aliphatic carbocycles. The third-order valence-electron chi connectivity index (χ3n) is 4.77. The molecule has 4 rings (SSSR count). The van der Waals surface area contributed by atoms with E-state index in [1.165, 1.54) is 4.31 Å². The fraction of sp³-hybridized carbons (Fsp3) is 0.600. The number of rotatable bonds is 3. The van der Waals surface area contributed by atoms with Crippen LogP contribution < -0.4 is 0 Å². The van der Waals surface area contributed by atoms with Gasteiger partial charge in [-0.3, -0.25) is 0 Å². The number of aromatic nitrogens is 3. The lowest BCUT2D eigenvalue weighted by atomic mass is 9.94. The number of piperidine rings is 1. The van der Waals surface area contributed by atoms with E-state index in [-0.39, 0.29) is 0 Å². The standard InChI is InChI=1S/C15H21N5O3S/c21-24(22,19-9-11-23-12-10-19)18-6-2-13(3-7-18)14-4-8-20-15(17-14)1-5-16-20/h1,4-5,8,13H,2-3,6-7,9-12H2. The third kappa shape index (κ3) is 2.92. The fourth-order valence-corrected chi connectivity index (χ4v) is 4.99. The molecule has 0 saturated carbocycles. The quantitative estimate of drug-likeness (QED) is 0.804. The summed E-state index contributed by atoms with van der Waals surface area (Å²) in [5, 5.41) is 4.15. The van der Waals surface area contributed by atoms with Crippen LogP contribution in [0.3, 0.4) is 0 Å². The first-order chi connectivity index (χ1) is 11.6. The molecule has 2 aliphatic rings. The molecule has 24 heavy (non-hydrogen) atoms. The van der Waals surface area contributed by atoms with Crippen molar-refractivity contribution in [2.75, 3.05) is 39.4 Å². The molecule has 2 aliphatic heterocycles. The number of ether oxygens (including phenoxy) is 1. The zero-order valence-electron chi connectivity index (χ0n) is 13.4. The van der Waals surface area contributed by atoms with Crippen LogP contribution >= 0.6 is 0 Å². The van der Waals surface area contributed by atoms with Crippen molar-refractivity contribution in [3.8, 4) is 0 Å². The molecule has 2 aromatic rings. The van der Waals surface area contributed by atoms with E-state index in [4.69, 9.17) is 4.74 Å². The minimum absolute atomic E-state index is 0.293. The van der Waals surface area contributed by atoms with Crippen molar-refractivity contribution >= 4 is 15.9 Å². The maximum atomic E-state index is 12.7. The Labute approximate surface area is 141 Å². The van der Waals surface area contributed by atoms with Gasteiger partial charge in [-0.2, -0.15) is 22.1 Å². The maximum Gasteiger partial charge on any atom is 0.282 e. The number of nitrogens with zero attached hydrogens (tertiary/aromatic N) is 5. The minimum atomic E-state index is -3.36. The first-order valence-electron chi connectivity index (χ1n) is 8.28. The predicted octanol–water partition coefficient (Wildman–Crippen LogP) is 0.486. The largest absolute Gasteiger partial charge is 0.379 e. The Bertz CT molecular complexity index is 807. The van der Waals surface area contributed by atoms with Gasteiger partial charge in [0.05, 0.1) is 19.4 Å². The minimum Gasteiger partial charge on any atom is -0.379 e. The molecule has 0 spiro atoms. The van der Waals surface area contributed by atoms with Crippen molar-refractivity contribution in [2.45, 2.75) is 18.8 Å². The van der Waals surface area contributed by atoms with Crippen LogP contribution in [0.25, 0.3) is 5.65 Å². The van der Waals surface area contributed by atoms with E-state index in [0.29, 0.717) is 45.3 Å². The second kappa shape index (κ2) is 6.40. The molecule has 0 bridgehead atoms. The molecule has 8 nitrogen and oxygen atoms in total. The summed E-state index contributed by atoms with van der Waals surface area (Å²) in [6.45, 7) is 2.92. The molecule has 0 aromatic carbocycles. The Kier molecular flexibility index (Phi) is 4.25. The van der Waals surface area contributed by atoms with Crippen LogP contribution in [0, 0.1) is 0 Å². The molecule has 9 heteroatoms. The molecule has 0 N–H and O–H groups in total. The normalized spacial score (nSPS) is 22.2. The Morgan fingerprint density at radius 3 is 2.50 bits per heavy atom. The molecule has 2 saturated heterocycles. The highest BCUT2D eigenvalue weighted by atomic mass is 32.2. The van der Waals surface area contributed by atoms with Gasteiger partial charge in [0.15, 0.2) is 5.65 Å². The second-order valence-electron chi connectivity index (χ2n) is 6.18. The zero-order chi connectivity index (χ0) is 16.6. The van der Waals surface area contributed by atoms with Gasteiger partial charge >= 0.3 is 0 Å². The van der Waals surface area contributed by atoms with Gasteiger partial charge in [-0.25, -0.2) is 9.50 Å². The van der Waals surface area contributed by atoms with Gasteiger partial charge in [0.25, 0.3) is 10.2 Å². The van der Waals surface area contributed by atoms with E-state index < -0.39 is 10.2 Å². The molecule has 130 valence electrons.